The van der Waals surface area contributed by atoms with Crippen LogP contribution in [0.5, 0.6) is 0 Å². The molecule has 1 atom stereocenters. The largest absolute Gasteiger partial charge is 0.445 e. The highest BCUT2D eigenvalue weighted by atomic mass is 16.4. The molecule has 0 spiro atoms. The van der Waals surface area contributed by atoms with Gasteiger partial charge in [0.05, 0.1) is 6.20 Å². The number of nitrogens with zero attached hydrogens (tertiary/aromatic N) is 1. The summed E-state index contributed by atoms with van der Waals surface area (Å²) in [6.45, 7) is 8.52. The molecule has 0 radical (unpaired) electrons. The SMILES string of the molecule is CCCNCCc1ncc(C(C)CC)o1. The third kappa shape index (κ3) is 4.04. The maximum atomic E-state index is 5.67. The highest BCUT2D eigenvalue weighted by Crippen LogP contribution is 2.19. The van der Waals surface area contributed by atoms with E-state index in [1.165, 1.54) is 6.42 Å². The Kier molecular flexibility index (Phi) is 5.40. The van der Waals surface area contributed by atoms with Gasteiger partial charge in [0.1, 0.15) is 5.76 Å². The van der Waals surface area contributed by atoms with Gasteiger partial charge in [0, 0.05) is 18.9 Å². The molecule has 0 saturated heterocycles. The van der Waals surface area contributed by atoms with Crippen LogP contribution in [0.25, 0.3) is 0 Å². The van der Waals surface area contributed by atoms with Crippen molar-refractivity contribution in [3.05, 3.63) is 17.8 Å². The Balaban J connectivity index is 2.33. The molecule has 1 heterocycles. The molecule has 3 heteroatoms. The van der Waals surface area contributed by atoms with Crippen LogP contribution in [0.15, 0.2) is 10.6 Å². The molecule has 0 saturated carbocycles. The van der Waals surface area contributed by atoms with Gasteiger partial charge >= 0.3 is 0 Å². The third-order valence-electron chi connectivity index (χ3n) is 2.61. The van der Waals surface area contributed by atoms with E-state index in [9.17, 15) is 0 Å². The minimum atomic E-state index is 0.481. The predicted octanol–water partition coefficient (Wildman–Crippen LogP) is 2.73. The average molecular weight is 210 g/mol. The van der Waals surface area contributed by atoms with E-state index in [0.29, 0.717) is 5.92 Å². The molecular formula is C12H22N2O. The second kappa shape index (κ2) is 6.62. The molecule has 0 aliphatic rings. The molecule has 1 aromatic heterocycles. The van der Waals surface area contributed by atoms with Crippen molar-refractivity contribution in [2.45, 2.75) is 46.0 Å². The molecule has 0 amide bonds. The lowest BCUT2D eigenvalue weighted by Gasteiger charge is -2.02. The van der Waals surface area contributed by atoms with Crippen LogP contribution in [0.1, 0.15) is 51.2 Å². The Labute approximate surface area is 92.3 Å². The Morgan fingerprint density at radius 1 is 1.40 bits per heavy atom. The lowest BCUT2D eigenvalue weighted by molar-refractivity contribution is 0.423. The van der Waals surface area contributed by atoms with E-state index in [1.54, 1.807) is 0 Å². The highest BCUT2D eigenvalue weighted by Gasteiger charge is 2.09. The number of hydrogen-bond donors (Lipinski definition) is 1. The Bertz CT molecular complexity index is 270. The van der Waals surface area contributed by atoms with Gasteiger partial charge in [-0.1, -0.05) is 20.8 Å². The summed E-state index contributed by atoms with van der Waals surface area (Å²) >= 11 is 0. The van der Waals surface area contributed by atoms with Crippen molar-refractivity contribution in [3.8, 4) is 0 Å². The molecule has 1 N–H and O–H groups in total. The minimum Gasteiger partial charge on any atom is -0.445 e. The fraction of sp³-hybridized carbons (Fsp3) is 0.750. The van der Waals surface area contributed by atoms with E-state index in [2.05, 4.69) is 31.1 Å². The summed E-state index contributed by atoms with van der Waals surface area (Å²) in [7, 11) is 0. The van der Waals surface area contributed by atoms with E-state index in [-0.39, 0.29) is 0 Å². The van der Waals surface area contributed by atoms with Crippen molar-refractivity contribution in [3.63, 3.8) is 0 Å². The molecule has 0 fully saturated rings. The van der Waals surface area contributed by atoms with Crippen molar-refractivity contribution in [1.29, 1.82) is 0 Å². The molecule has 0 aliphatic carbocycles. The van der Waals surface area contributed by atoms with Crippen LogP contribution in [0, 0.1) is 0 Å². The van der Waals surface area contributed by atoms with E-state index in [0.717, 1.165) is 37.6 Å². The number of nitrogens with one attached hydrogen (secondary N) is 1. The normalized spacial score (nSPS) is 13.0. The summed E-state index contributed by atoms with van der Waals surface area (Å²) in [5.74, 6) is 2.35. The number of oxazole rings is 1. The molecule has 1 unspecified atom stereocenters. The number of aromatic nitrogens is 1. The topological polar surface area (TPSA) is 38.1 Å². The molecule has 0 aromatic carbocycles. The molecule has 3 nitrogen and oxygen atoms in total. The summed E-state index contributed by atoms with van der Waals surface area (Å²) < 4.78 is 5.67. The molecule has 0 bridgehead atoms. The summed E-state index contributed by atoms with van der Waals surface area (Å²) in [4.78, 5) is 4.28. The Hall–Kier alpha value is -0.830. The third-order valence-corrected chi connectivity index (χ3v) is 2.61. The first-order chi connectivity index (χ1) is 7.27. The second-order valence-corrected chi connectivity index (χ2v) is 3.97. The first kappa shape index (κ1) is 12.2. The highest BCUT2D eigenvalue weighted by molar-refractivity contribution is 5.00. The van der Waals surface area contributed by atoms with Crippen molar-refractivity contribution in [2.75, 3.05) is 13.1 Å². The molecule has 0 aliphatic heterocycles. The van der Waals surface area contributed by atoms with Crippen LogP contribution in [0.3, 0.4) is 0 Å². The molecule has 15 heavy (non-hydrogen) atoms. The Morgan fingerprint density at radius 3 is 2.87 bits per heavy atom. The lowest BCUT2D eigenvalue weighted by Crippen LogP contribution is -2.17. The van der Waals surface area contributed by atoms with Crippen molar-refractivity contribution in [2.24, 2.45) is 0 Å². The summed E-state index contributed by atoms with van der Waals surface area (Å²) in [6.07, 6.45) is 5.02. The smallest absolute Gasteiger partial charge is 0.195 e. The van der Waals surface area contributed by atoms with Gasteiger partial charge in [-0.05, 0) is 19.4 Å². The predicted molar refractivity (Wildman–Crippen MR) is 62.1 cm³/mol. The van der Waals surface area contributed by atoms with Crippen LogP contribution in [-0.2, 0) is 6.42 Å². The van der Waals surface area contributed by atoms with Gasteiger partial charge in [-0.2, -0.15) is 0 Å². The van der Waals surface area contributed by atoms with E-state index in [1.807, 2.05) is 6.20 Å². The van der Waals surface area contributed by atoms with Gasteiger partial charge in [0.25, 0.3) is 0 Å². The van der Waals surface area contributed by atoms with Crippen LogP contribution in [-0.4, -0.2) is 18.1 Å². The molecule has 1 rings (SSSR count). The first-order valence-corrected chi connectivity index (χ1v) is 5.93. The maximum absolute atomic E-state index is 5.67. The molecular weight excluding hydrogens is 188 g/mol. The van der Waals surface area contributed by atoms with Gasteiger partial charge in [0.15, 0.2) is 5.89 Å². The van der Waals surface area contributed by atoms with Crippen molar-refractivity contribution < 1.29 is 4.42 Å². The van der Waals surface area contributed by atoms with Crippen LogP contribution < -0.4 is 5.32 Å². The first-order valence-electron chi connectivity index (χ1n) is 5.93. The number of hydrogen-bond acceptors (Lipinski definition) is 3. The summed E-state index contributed by atoms with van der Waals surface area (Å²) in [6, 6.07) is 0. The Morgan fingerprint density at radius 2 is 2.20 bits per heavy atom. The average Bonchev–Trinajstić information content (AvgIpc) is 2.72. The standard InChI is InChI=1S/C12H22N2O/c1-4-7-13-8-6-12-14-9-11(15-12)10(3)5-2/h9-10,13H,4-8H2,1-3H3. The van der Waals surface area contributed by atoms with Gasteiger partial charge in [-0.15, -0.1) is 0 Å². The second-order valence-electron chi connectivity index (χ2n) is 3.97. The van der Waals surface area contributed by atoms with Crippen molar-refractivity contribution >= 4 is 0 Å². The van der Waals surface area contributed by atoms with E-state index < -0.39 is 0 Å². The maximum Gasteiger partial charge on any atom is 0.195 e. The fourth-order valence-electron chi connectivity index (χ4n) is 1.37. The lowest BCUT2D eigenvalue weighted by atomic mass is 10.1. The van der Waals surface area contributed by atoms with Crippen molar-refractivity contribution in [1.82, 2.24) is 10.3 Å². The van der Waals surface area contributed by atoms with E-state index in [4.69, 9.17) is 4.42 Å². The summed E-state index contributed by atoms with van der Waals surface area (Å²) in [5, 5.41) is 3.34. The van der Waals surface area contributed by atoms with Gasteiger partial charge in [-0.25, -0.2) is 4.98 Å². The molecule has 1 aromatic rings. The zero-order chi connectivity index (χ0) is 11.1. The van der Waals surface area contributed by atoms with Gasteiger partial charge in [-0.3, -0.25) is 0 Å². The van der Waals surface area contributed by atoms with Crippen LogP contribution in [0.2, 0.25) is 0 Å². The zero-order valence-corrected chi connectivity index (χ0v) is 10.0. The van der Waals surface area contributed by atoms with Gasteiger partial charge < -0.3 is 9.73 Å². The zero-order valence-electron chi connectivity index (χ0n) is 10.0. The van der Waals surface area contributed by atoms with Gasteiger partial charge in [0.2, 0.25) is 0 Å². The van der Waals surface area contributed by atoms with Crippen LogP contribution in [0.4, 0.5) is 0 Å². The fourth-order valence-corrected chi connectivity index (χ4v) is 1.37. The van der Waals surface area contributed by atoms with Crippen LogP contribution >= 0.6 is 0 Å². The number of rotatable bonds is 7. The summed E-state index contributed by atoms with van der Waals surface area (Å²) in [5.41, 5.74) is 0. The monoisotopic (exact) mass is 210 g/mol. The quantitative estimate of drug-likeness (QED) is 0.703. The minimum absolute atomic E-state index is 0.481. The van der Waals surface area contributed by atoms with E-state index >= 15 is 0 Å². The molecule has 86 valence electrons.